The number of amides is 1. The Labute approximate surface area is 119 Å². The minimum atomic E-state index is -4.84. The van der Waals surface area contributed by atoms with E-state index in [4.69, 9.17) is 17.3 Å². The fourth-order valence-electron chi connectivity index (χ4n) is 1.34. The number of nitrogens with two attached hydrogens (primary N) is 1. The molecule has 0 spiro atoms. The van der Waals surface area contributed by atoms with Crippen molar-refractivity contribution < 1.29 is 18.0 Å². The first-order chi connectivity index (χ1) is 8.96. The van der Waals surface area contributed by atoms with E-state index in [-0.39, 0.29) is 5.69 Å². The molecule has 0 aliphatic rings. The summed E-state index contributed by atoms with van der Waals surface area (Å²) in [7, 11) is 3.53. The summed E-state index contributed by atoms with van der Waals surface area (Å²) >= 11 is 5.97. The highest BCUT2D eigenvalue weighted by atomic mass is 35.5. The van der Waals surface area contributed by atoms with Crippen LogP contribution in [0.3, 0.4) is 0 Å². The normalized spacial score (nSPS) is 14.6. The Kier molecular flexibility index (Phi) is 4.55. The van der Waals surface area contributed by atoms with E-state index in [9.17, 15) is 18.0 Å². The second kappa shape index (κ2) is 5.49. The quantitative estimate of drug-likeness (QED) is 0.902. The highest BCUT2D eigenvalue weighted by Gasteiger charge is 2.53. The summed E-state index contributed by atoms with van der Waals surface area (Å²) in [6, 6.07) is 4.40. The van der Waals surface area contributed by atoms with Crippen LogP contribution in [-0.2, 0) is 4.79 Å². The van der Waals surface area contributed by atoms with Crippen LogP contribution in [0.15, 0.2) is 18.2 Å². The van der Waals surface area contributed by atoms with E-state index in [1.54, 1.807) is 25.1 Å². The molecule has 0 aliphatic heterocycles. The van der Waals surface area contributed by atoms with Gasteiger partial charge in [0.2, 0.25) is 0 Å². The first kappa shape index (κ1) is 16.6. The Morgan fingerprint density at radius 2 is 1.90 bits per heavy atom. The maximum absolute atomic E-state index is 12.6. The molecule has 0 saturated heterocycles. The van der Waals surface area contributed by atoms with E-state index >= 15 is 0 Å². The summed E-state index contributed by atoms with van der Waals surface area (Å²) in [5, 5.41) is 2.41. The number of hydrogen-bond donors (Lipinski definition) is 2. The van der Waals surface area contributed by atoms with Gasteiger partial charge in [-0.25, -0.2) is 0 Å². The van der Waals surface area contributed by atoms with Crippen LogP contribution in [0.5, 0.6) is 0 Å². The van der Waals surface area contributed by atoms with Crippen LogP contribution in [0.4, 0.5) is 24.5 Å². The lowest BCUT2D eigenvalue weighted by Gasteiger charge is -2.26. The zero-order valence-electron chi connectivity index (χ0n) is 11.2. The van der Waals surface area contributed by atoms with E-state index in [0.717, 1.165) is 0 Å². The van der Waals surface area contributed by atoms with Gasteiger partial charge in [-0.1, -0.05) is 11.6 Å². The van der Waals surface area contributed by atoms with Crippen LogP contribution in [0, 0.1) is 0 Å². The number of hydrogen-bond acceptors (Lipinski definition) is 3. The summed E-state index contributed by atoms with van der Waals surface area (Å²) in [6.07, 6.45) is -4.84. The largest absolute Gasteiger partial charge is 0.415 e. The van der Waals surface area contributed by atoms with Gasteiger partial charge in [0, 0.05) is 19.8 Å². The van der Waals surface area contributed by atoms with Crippen molar-refractivity contribution in [2.45, 2.75) is 18.6 Å². The number of alkyl halides is 3. The molecular weight excluding hydrogens is 295 g/mol. The lowest BCUT2D eigenvalue weighted by Crippen LogP contribution is -2.59. The SMILES string of the molecule is CN(C)c1ccc(NC(=O)C(C)(N)C(F)(F)F)cc1Cl. The average molecular weight is 310 g/mol. The van der Waals surface area contributed by atoms with Crippen molar-refractivity contribution >= 4 is 28.9 Å². The van der Waals surface area contributed by atoms with Crippen LogP contribution in [0.1, 0.15) is 6.92 Å². The molecule has 1 rings (SSSR count). The second-order valence-corrected chi connectivity index (χ2v) is 5.12. The lowest BCUT2D eigenvalue weighted by molar-refractivity contribution is -0.184. The molecule has 112 valence electrons. The van der Waals surface area contributed by atoms with Crippen molar-refractivity contribution in [3.63, 3.8) is 0 Å². The standard InChI is InChI=1S/C12H15ClF3N3O/c1-11(17,12(14,15)16)10(20)18-7-4-5-9(19(2)3)8(13)6-7/h4-6H,17H2,1-3H3,(H,18,20). The predicted molar refractivity (Wildman–Crippen MR) is 73.1 cm³/mol. The molecule has 0 saturated carbocycles. The fourth-order valence-corrected chi connectivity index (χ4v) is 1.69. The lowest BCUT2D eigenvalue weighted by atomic mass is 10.0. The number of benzene rings is 1. The van der Waals surface area contributed by atoms with Gasteiger partial charge in [-0.2, -0.15) is 13.2 Å². The molecule has 8 heteroatoms. The zero-order valence-corrected chi connectivity index (χ0v) is 11.9. The molecule has 0 aliphatic carbocycles. The minimum Gasteiger partial charge on any atom is -0.376 e. The van der Waals surface area contributed by atoms with Crippen LogP contribution >= 0.6 is 11.6 Å². The van der Waals surface area contributed by atoms with Crippen molar-refractivity contribution in [1.29, 1.82) is 0 Å². The van der Waals surface area contributed by atoms with Gasteiger partial charge < -0.3 is 16.0 Å². The number of rotatable bonds is 3. The summed E-state index contributed by atoms with van der Waals surface area (Å²) < 4.78 is 37.9. The molecule has 1 aromatic carbocycles. The Morgan fingerprint density at radius 1 is 1.35 bits per heavy atom. The van der Waals surface area contributed by atoms with Crippen LogP contribution in [-0.4, -0.2) is 31.7 Å². The van der Waals surface area contributed by atoms with Crippen LogP contribution < -0.4 is 16.0 Å². The molecule has 0 fully saturated rings. The van der Waals surface area contributed by atoms with Gasteiger partial charge in [-0.05, 0) is 25.1 Å². The Hall–Kier alpha value is -1.47. The molecule has 0 radical (unpaired) electrons. The number of anilines is 2. The van der Waals surface area contributed by atoms with Crippen LogP contribution in [0.2, 0.25) is 5.02 Å². The van der Waals surface area contributed by atoms with Crippen LogP contribution in [0.25, 0.3) is 0 Å². The molecule has 0 bridgehead atoms. The monoisotopic (exact) mass is 309 g/mol. The third kappa shape index (κ3) is 3.34. The second-order valence-electron chi connectivity index (χ2n) is 4.71. The smallest absolute Gasteiger partial charge is 0.376 e. The summed E-state index contributed by atoms with van der Waals surface area (Å²) in [4.78, 5) is 13.3. The topological polar surface area (TPSA) is 58.4 Å². The molecule has 1 atom stereocenters. The minimum absolute atomic E-state index is 0.145. The molecule has 0 heterocycles. The van der Waals surface area contributed by atoms with Crippen molar-refractivity contribution in [1.82, 2.24) is 0 Å². The molecule has 1 aromatic rings. The van der Waals surface area contributed by atoms with E-state index in [0.29, 0.717) is 17.6 Å². The Morgan fingerprint density at radius 3 is 2.30 bits per heavy atom. The molecular formula is C12H15ClF3N3O. The number of nitrogens with one attached hydrogen (secondary N) is 1. The Balaban J connectivity index is 2.95. The molecule has 4 nitrogen and oxygen atoms in total. The molecule has 0 aromatic heterocycles. The summed E-state index contributed by atoms with van der Waals surface area (Å²) in [5.41, 5.74) is 2.87. The highest BCUT2D eigenvalue weighted by molar-refractivity contribution is 6.33. The summed E-state index contributed by atoms with van der Waals surface area (Å²) in [5.74, 6) is -1.35. The predicted octanol–water partition coefficient (Wildman–Crippen LogP) is 2.62. The molecule has 1 unspecified atom stereocenters. The van der Waals surface area contributed by atoms with E-state index in [1.807, 2.05) is 0 Å². The van der Waals surface area contributed by atoms with Gasteiger partial charge in [-0.15, -0.1) is 0 Å². The van der Waals surface area contributed by atoms with E-state index < -0.39 is 17.6 Å². The van der Waals surface area contributed by atoms with Crippen molar-refractivity contribution in [3.05, 3.63) is 23.2 Å². The number of carbonyl (C=O) groups excluding carboxylic acids is 1. The maximum atomic E-state index is 12.6. The van der Waals surface area contributed by atoms with E-state index in [2.05, 4.69) is 5.32 Å². The van der Waals surface area contributed by atoms with Crippen molar-refractivity contribution in [2.75, 3.05) is 24.3 Å². The molecule has 1 amide bonds. The number of carbonyl (C=O) groups is 1. The average Bonchev–Trinajstić information content (AvgIpc) is 2.26. The van der Waals surface area contributed by atoms with Gasteiger partial charge in [0.15, 0.2) is 5.54 Å². The van der Waals surface area contributed by atoms with E-state index in [1.165, 1.54) is 12.1 Å². The van der Waals surface area contributed by atoms with Crippen molar-refractivity contribution in [3.8, 4) is 0 Å². The van der Waals surface area contributed by atoms with Gasteiger partial charge in [0.1, 0.15) is 0 Å². The zero-order chi connectivity index (χ0) is 15.7. The molecule has 3 N–H and O–H groups in total. The number of halogens is 4. The van der Waals surface area contributed by atoms with Gasteiger partial charge in [-0.3, -0.25) is 4.79 Å². The third-order valence-corrected chi connectivity index (χ3v) is 3.05. The maximum Gasteiger partial charge on any atom is 0.415 e. The number of nitrogens with zero attached hydrogens (tertiary/aromatic N) is 1. The first-order valence-electron chi connectivity index (χ1n) is 5.60. The third-order valence-electron chi connectivity index (χ3n) is 2.75. The summed E-state index contributed by atoms with van der Waals surface area (Å²) in [6.45, 7) is 0.609. The first-order valence-corrected chi connectivity index (χ1v) is 5.98. The fraction of sp³-hybridized carbons (Fsp3) is 0.417. The Bertz CT molecular complexity index is 515. The van der Waals surface area contributed by atoms with Gasteiger partial charge >= 0.3 is 6.18 Å². The highest BCUT2D eigenvalue weighted by Crippen LogP contribution is 2.31. The molecule has 20 heavy (non-hydrogen) atoms. The van der Waals surface area contributed by atoms with Gasteiger partial charge in [0.05, 0.1) is 10.7 Å². The van der Waals surface area contributed by atoms with Crippen molar-refractivity contribution in [2.24, 2.45) is 5.73 Å². The van der Waals surface area contributed by atoms with Gasteiger partial charge in [0.25, 0.3) is 5.91 Å².